The molecule has 0 radical (unpaired) electrons. The Morgan fingerprint density at radius 2 is 1.76 bits per heavy atom. The fraction of sp³-hybridized carbons (Fsp3) is 0.188. The summed E-state index contributed by atoms with van der Waals surface area (Å²) in [6.07, 6.45) is 0. The van der Waals surface area contributed by atoms with Gasteiger partial charge in [-0.3, -0.25) is 14.9 Å². The van der Waals surface area contributed by atoms with Gasteiger partial charge in [0.25, 0.3) is 5.69 Å². The number of rotatable bonds is 7. The van der Waals surface area contributed by atoms with Crippen molar-refractivity contribution in [3.05, 3.63) is 58.6 Å². The number of ether oxygens (including phenoxy) is 1. The zero-order valence-electron chi connectivity index (χ0n) is 13.0. The van der Waals surface area contributed by atoms with Gasteiger partial charge < -0.3 is 10.1 Å². The summed E-state index contributed by atoms with van der Waals surface area (Å²) in [5.41, 5.74) is 0.426. The van der Waals surface area contributed by atoms with E-state index in [0.29, 0.717) is 10.6 Å². The number of nitro groups is 1. The molecule has 2 aromatic carbocycles. The maximum Gasteiger partial charge on any atom is 0.387 e. The van der Waals surface area contributed by atoms with Crippen LogP contribution >= 0.6 is 11.8 Å². The maximum atomic E-state index is 12.2. The van der Waals surface area contributed by atoms with Gasteiger partial charge in [0, 0.05) is 22.7 Å². The molecule has 0 aromatic heterocycles. The number of carbonyl (C=O) groups excluding carboxylic acids is 1. The summed E-state index contributed by atoms with van der Waals surface area (Å²) < 4.78 is 28.4. The van der Waals surface area contributed by atoms with Crippen molar-refractivity contribution in [2.75, 3.05) is 5.32 Å². The van der Waals surface area contributed by atoms with E-state index in [1.54, 1.807) is 19.1 Å². The molecule has 25 heavy (non-hydrogen) atoms. The molecular formula is C16H14F2N2O4S. The van der Waals surface area contributed by atoms with Crippen molar-refractivity contribution in [1.82, 2.24) is 0 Å². The van der Waals surface area contributed by atoms with E-state index in [0.717, 1.165) is 0 Å². The van der Waals surface area contributed by atoms with Crippen LogP contribution in [-0.4, -0.2) is 22.7 Å². The number of hydrogen-bond acceptors (Lipinski definition) is 5. The van der Waals surface area contributed by atoms with Gasteiger partial charge in [0.1, 0.15) is 5.75 Å². The molecule has 0 aliphatic rings. The molecule has 9 heteroatoms. The van der Waals surface area contributed by atoms with Crippen LogP contribution in [0.1, 0.15) is 6.92 Å². The lowest BCUT2D eigenvalue weighted by Crippen LogP contribution is -2.22. The summed E-state index contributed by atoms with van der Waals surface area (Å²) in [5.74, 6) is -0.285. The standard InChI is InChI=1S/C16H14F2N2O4S/c1-10(25-14-8-4-12(5-9-14)20(22)23)15(21)19-11-2-6-13(7-3-11)24-16(17)18/h2-10,16H,1H3,(H,19,21)/t10-/m1/s1. The summed E-state index contributed by atoms with van der Waals surface area (Å²) in [4.78, 5) is 23.0. The van der Waals surface area contributed by atoms with Crippen LogP contribution in [0, 0.1) is 10.1 Å². The topological polar surface area (TPSA) is 81.5 Å². The molecule has 0 saturated carbocycles. The van der Waals surface area contributed by atoms with E-state index >= 15 is 0 Å². The Morgan fingerprint density at radius 1 is 1.16 bits per heavy atom. The Bertz CT molecular complexity index is 739. The summed E-state index contributed by atoms with van der Waals surface area (Å²) in [7, 11) is 0. The number of nitrogens with one attached hydrogen (secondary N) is 1. The largest absolute Gasteiger partial charge is 0.435 e. The molecule has 1 amide bonds. The number of nitro benzene ring substituents is 1. The lowest BCUT2D eigenvalue weighted by Gasteiger charge is -2.12. The van der Waals surface area contributed by atoms with Gasteiger partial charge in [-0.15, -0.1) is 11.8 Å². The zero-order chi connectivity index (χ0) is 18.4. The fourth-order valence-electron chi connectivity index (χ4n) is 1.87. The summed E-state index contributed by atoms with van der Waals surface area (Å²) in [6, 6.07) is 11.5. The Hall–Kier alpha value is -2.68. The van der Waals surface area contributed by atoms with Gasteiger partial charge in [-0.05, 0) is 43.3 Å². The number of thioether (sulfide) groups is 1. The minimum atomic E-state index is -2.90. The van der Waals surface area contributed by atoms with Crippen LogP contribution in [0.4, 0.5) is 20.2 Å². The number of carbonyl (C=O) groups is 1. The van der Waals surface area contributed by atoms with Crippen LogP contribution in [0.2, 0.25) is 0 Å². The SMILES string of the molecule is C[C@@H](Sc1ccc([N+](=O)[O-])cc1)C(=O)Nc1ccc(OC(F)F)cc1. The third-order valence-corrected chi connectivity index (χ3v) is 4.19. The lowest BCUT2D eigenvalue weighted by molar-refractivity contribution is -0.384. The molecule has 1 N–H and O–H groups in total. The highest BCUT2D eigenvalue weighted by Crippen LogP contribution is 2.26. The number of halogens is 2. The number of nitrogens with zero attached hydrogens (tertiary/aromatic N) is 1. The van der Waals surface area contributed by atoms with E-state index < -0.39 is 16.8 Å². The first-order valence-electron chi connectivity index (χ1n) is 7.12. The summed E-state index contributed by atoms with van der Waals surface area (Å²) in [5, 5.41) is 12.8. The van der Waals surface area contributed by atoms with Crippen LogP contribution in [-0.2, 0) is 4.79 Å². The molecule has 1 atom stereocenters. The van der Waals surface area contributed by atoms with Gasteiger partial charge in [-0.2, -0.15) is 8.78 Å². The van der Waals surface area contributed by atoms with Gasteiger partial charge in [-0.25, -0.2) is 0 Å². The number of alkyl halides is 2. The molecule has 0 unspecified atom stereocenters. The van der Waals surface area contributed by atoms with Crippen molar-refractivity contribution >= 4 is 29.0 Å². The van der Waals surface area contributed by atoms with Gasteiger partial charge in [0.2, 0.25) is 5.91 Å². The van der Waals surface area contributed by atoms with Crippen LogP contribution in [0.3, 0.4) is 0 Å². The molecule has 0 spiro atoms. The van der Waals surface area contributed by atoms with Crippen LogP contribution in [0.25, 0.3) is 0 Å². The van der Waals surface area contributed by atoms with Crippen molar-refractivity contribution < 1.29 is 23.2 Å². The number of benzene rings is 2. The monoisotopic (exact) mass is 368 g/mol. The Morgan fingerprint density at radius 3 is 2.28 bits per heavy atom. The van der Waals surface area contributed by atoms with Crippen molar-refractivity contribution in [1.29, 1.82) is 0 Å². The molecule has 132 valence electrons. The first kappa shape index (κ1) is 18.7. The van der Waals surface area contributed by atoms with E-state index in [1.807, 2.05) is 0 Å². The van der Waals surface area contributed by atoms with Gasteiger partial charge in [0.15, 0.2) is 0 Å². The minimum absolute atomic E-state index is 0.00121. The molecule has 2 aromatic rings. The molecule has 2 rings (SSSR count). The van der Waals surface area contributed by atoms with Crippen molar-refractivity contribution in [2.24, 2.45) is 0 Å². The van der Waals surface area contributed by atoms with Crippen molar-refractivity contribution in [3.8, 4) is 5.75 Å². The van der Waals surface area contributed by atoms with Crippen LogP contribution < -0.4 is 10.1 Å². The predicted molar refractivity (Wildman–Crippen MR) is 90.1 cm³/mol. The highest BCUT2D eigenvalue weighted by Gasteiger charge is 2.15. The molecule has 0 saturated heterocycles. The van der Waals surface area contributed by atoms with Gasteiger partial charge >= 0.3 is 6.61 Å². The number of non-ortho nitro benzene ring substituents is 1. The smallest absolute Gasteiger partial charge is 0.387 e. The van der Waals surface area contributed by atoms with E-state index in [2.05, 4.69) is 10.1 Å². The van der Waals surface area contributed by atoms with E-state index in [9.17, 15) is 23.7 Å². The van der Waals surface area contributed by atoms with Crippen LogP contribution in [0.15, 0.2) is 53.4 Å². The van der Waals surface area contributed by atoms with Gasteiger partial charge in [-0.1, -0.05) is 0 Å². The molecule has 6 nitrogen and oxygen atoms in total. The first-order valence-corrected chi connectivity index (χ1v) is 8.00. The predicted octanol–water partition coefficient (Wildman–Crippen LogP) is 4.32. The van der Waals surface area contributed by atoms with Crippen molar-refractivity contribution in [2.45, 2.75) is 23.7 Å². The minimum Gasteiger partial charge on any atom is -0.435 e. The molecule has 0 aliphatic heterocycles. The second-order valence-corrected chi connectivity index (χ2v) is 6.32. The maximum absolute atomic E-state index is 12.2. The second kappa shape index (κ2) is 8.43. The molecule has 0 bridgehead atoms. The highest BCUT2D eigenvalue weighted by atomic mass is 32.2. The summed E-state index contributed by atoms with van der Waals surface area (Å²) >= 11 is 1.24. The quantitative estimate of drug-likeness (QED) is 0.447. The number of anilines is 1. The molecule has 0 heterocycles. The third kappa shape index (κ3) is 5.71. The average molecular weight is 368 g/mol. The average Bonchev–Trinajstić information content (AvgIpc) is 2.56. The van der Waals surface area contributed by atoms with E-state index in [4.69, 9.17) is 0 Å². The molecule has 0 fully saturated rings. The molecule has 0 aliphatic carbocycles. The molecular weight excluding hydrogens is 354 g/mol. The van der Waals surface area contributed by atoms with E-state index in [1.165, 1.54) is 48.2 Å². The number of hydrogen-bond donors (Lipinski definition) is 1. The Labute approximate surface area is 146 Å². The Balaban J connectivity index is 1.92. The number of amides is 1. The Kier molecular flexibility index (Phi) is 6.29. The zero-order valence-corrected chi connectivity index (χ0v) is 13.8. The lowest BCUT2D eigenvalue weighted by atomic mass is 10.3. The normalized spacial score (nSPS) is 11.8. The van der Waals surface area contributed by atoms with E-state index in [-0.39, 0.29) is 17.3 Å². The highest BCUT2D eigenvalue weighted by molar-refractivity contribution is 8.00. The van der Waals surface area contributed by atoms with Gasteiger partial charge in [0.05, 0.1) is 10.2 Å². The fourth-order valence-corrected chi connectivity index (χ4v) is 2.74. The van der Waals surface area contributed by atoms with Crippen LogP contribution in [0.5, 0.6) is 5.75 Å². The first-order chi connectivity index (χ1) is 11.8. The third-order valence-electron chi connectivity index (χ3n) is 3.08. The second-order valence-electron chi connectivity index (χ2n) is 4.90. The summed E-state index contributed by atoms with van der Waals surface area (Å²) in [6.45, 7) is -1.21. The van der Waals surface area contributed by atoms with Crippen molar-refractivity contribution in [3.63, 3.8) is 0 Å².